The quantitative estimate of drug-likeness (QED) is 0.163. The fourth-order valence-corrected chi connectivity index (χ4v) is 5.42. The predicted molar refractivity (Wildman–Crippen MR) is 180 cm³/mol. The number of carbonyl (C=O) groups excluding carboxylic acids is 1. The molecule has 0 aliphatic heterocycles. The second-order valence-corrected chi connectivity index (χ2v) is 12.0. The van der Waals surface area contributed by atoms with Crippen LogP contribution in [0, 0.1) is 17.5 Å². The number of carbonyl (C=O) groups is 1. The molecule has 0 spiro atoms. The van der Waals surface area contributed by atoms with Gasteiger partial charge in [-0.3, -0.25) is 13.6 Å². The third-order valence-electron chi connectivity index (χ3n) is 7.17. The minimum atomic E-state index is -4.33. The lowest BCUT2D eigenvalue weighted by Gasteiger charge is -2.07. The van der Waals surface area contributed by atoms with Gasteiger partial charge in [0, 0.05) is 41.9 Å². The molecular weight excluding hydrogens is 736 g/mol. The molecule has 0 aliphatic rings. The molecule has 242 valence electrons. The van der Waals surface area contributed by atoms with Crippen LogP contribution in [0.4, 0.5) is 13.2 Å². The normalized spacial score (nSPS) is 11.5. The van der Waals surface area contributed by atoms with Crippen molar-refractivity contribution in [2.45, 2.75) is 39.3 Å². The molecular formula is C33H26F3IN10O. The first-order chi connectivity index (χ1) is 23.0. The topological polar surface area (TPSA) is 129 Å². The van der Waals surface area contributed by atoms with Crippen molar-refractivity contribution in [3.05, 3.63) is 106 Å². The average molecular weight is 763 g/mol. The number of benzene rings is 1. The maximum Gasteiger partial charge on any atom is 0.389 e. The second kappa shape index (κ2) is 13.9. The lowest BCUT2D eigenvalue weighted by molar-refractivity contribution is -0.143. The summed E-state index contributed by atoms with van der Waals surface area (Å²) in [6, 6.07) is 14.8. The Morgan fingerprint density at radius 2 is 1.38 bits per heavy atom. The number of hydrogen-bond acceptors (Lipinski definition) is 9. The Morgan fingerprint density at radius 1 is 0.771 bits per heavy atom. The molecule has 7 rings (SSSR count). The van der Waals surface area contributed by atoms with Gasteiger partial charge in [-0.2, -0.15) is 23.4 Å². The van der Waals surface area contributed by atoms with E-state index in [1.54, 1.807) is 36.8 Å². The summed E-state index contributed by atoms with van der Waals surface area (Å²) in [5.74, 6) is 0.695. The summed E-state index contributed by atoms with van der Waals surface area (Å²) >= 11 is 2.24. The monoisotopic (exact) mass is 762 g/mol. The van der Waals surface area contributed by atoms with E-state index in [2.05, 4.69) is 62.9 Å². The van der Waals surface area contributed by atoms with Crippen LogP contribution in [0.25, 0.3) is 45.3 Å². The summed E-state index contributed by atoms with van der Waals surface area (Å²) in [6.45, 7) is 3.74. The van der Waals surface area contributed by atoms with E-state index in [0.29, 0.717) is 22.9 Å². The minimum Gasteiger partial charge on any atom is -0.300 e. The number of alkyl halides is 3. The van der Waals surface area contributed by atoms with E-state index in [9.17, 15) is 18.0 Å². The fraction of sp³-hybridized carbons (Fsp3) is 0.182. The SMILES string of the molecule is Cc1cnnc(-c2ccn3c(-c4cccc(CC(=O)CCC(F)(F)F)c4)cnc3c2)n1.Cc1cnnc(-c2ccn3c(I)cnc3c2)n1. The Balaban J connectivity index is 0.000000198. The van der Waals surface area contributed by atoms with E-state index in [1.165, 1.54) is 0 Å². The molecule has 7 aromatic rings. The van der Waals surface area contributed by atoms with Crippen LogP contribution in [-0.4, -0.2) is 61.1 Å². The highest BCUT2D eigenvalue weighted by Gasteiger charge is 2.27. The smallest absolute Gasteiger partial charge is 0.300 e. The highest BCUT2D eigenvalue weighted by molar-refractivity contribution is 14.1. The molecule has 0 unspecified atom stereocenters. The number of ketones is 1. The van der Waals surface area contributed by atoms with Crippen molar-refractivity contribution in [1.82, 2.24) is 49.1 Å². The summed E-state index contributed by atoms with van der Waals surface area (Å²) in [4.78, 5) is 29.4. The van der Waals surface area contributed by atoms with Gasteiger partial charge in [0.2, 0.25) is 0 Å². The number of pyridine rings is 2. The van der Waals surface area contributed by atoms with Crippen LogP contribution in [0.15, 0.2) is 85.7 Å². The molecule has 0 fully saturated rings. The van der Waals surface area contributed by atoms with Gasteiger partial charge in [-0.05, 0) is 72.3 Å². The molecule has 15 heteroatoms. The molecule has 0 amide bonds. The van der Waals surface area contributed by atoms with E-state index >= 15 is 0 Å². The lowest BCUT2D eigenvalue weighted by Crippen LogP contribution is -2.12. The maximum atomic E-state index is 12.3. The van der Waals surface area contributed by atoms with Crippen molar-refractivity contribution in [1.29, 1.82) is 0 Å². The molecule has 0 bridgehead atoms. The van der Waals surface area contributed by atoms with E-state index in [-0.39, 0.29) is 6.42 Å². The van der Waals surface area contributed by atoms with Gasteiger partial charge >= 0.3 is 6.18 Å². The van der Waals surface area contributed by atoms with Crippen LogP contribution in [0.3, 0.4) is 0 Å². The number of imidazole rings is 2. The molecule has 0 atom stereocenters. The molecule has 6 heterocycles. The van der Waals surface area contributed by atoms with E-state index < -0.39 is 24.8 Å². The van der Waals surface area contributed by atoms with Crippen molar-refractivity contribution < 1.29 is 18.0 Å². The third-order valence-corrected chi connectivity index (χ3v) is 7.97. The zero-order valence-electron chi connectivity index (χ0n) is 25.6. The van der Waals surface area contributed by atoms with E-state index in [0.717, 1.165) is 43.1 Å². The van der Waals surface area contributed by atoms with Gasteiger partial charge in [-0.25, -0.2) is 19.9 Å². The largest absolute Gasteiger partial charge is 0.389 e. The summed E-state index contributed by atoms with van der Waals surface area (Å²) in [6.07, 6.45) is 4.59. The second-order valence-electron chi connectivity index (χ2n) is 10.9. The molecule has 0 aliphatic carbocycles. The summed E-state index contributed by atoms with van der Waals surface area (Å²) in [5.41, 5.74) is 7.17. The van der Waals surface area contributed by atoms with Gasteiger partial charge in [-0.1, -0.05) is 18.2 Å². The summed E-state index contributed by atoms with van der Waals surface area (Å²) in [7, 11) is 0. The Labute approximate surface area is 285 Å². The number of rotatable bonds is 7. The molecule has 0 radical (unpaired) electrons. The minimum absolute atomic E-state index is 0.0392. The first kappa shape index (κ1) is 32.7. The van der Waals surface area contributed by atoms with Crippen LogP contribution in [0.2, 0.25) is 0 Å². The van der Waals surface area contributed by atoms with Crippen LogP contribution < -0.4 is 0 Å². The zero-order valence-corrected chi connectivity index (χ0v) is 27.8. The number of nitrogens with zero attached hydrogens (tertiary/aromatic N) is 10. The number of fused-ring (bicyclic) bond motifs is 2. The summed E-state index contributed by atoms with van der Waals surface area (Å²) in [5, 5.41) is 15.9. The highest BCUT2D eigenvalue weighted by atomic mass is 127. The molecule has 0 saturated heterocycles. The van der Waals surface area contributed by atoms with Gasteiger partial charge in [0.1, 0.15) is 20.8 Å². The van der Waals surface area contributed by atoms with E-state index in [1.807, 2.05) is 71.6 Å². The molecule has 11 nitrogen and oxygen atoms in total. The van der Waals surface area contributed by atoms with Crippen LogP contribution in [0.5, 0.6) is 0 Å². The van der Waals surface area contributed by atoms with Crippen LogP contribution >= 0.6 is 22.6 Å². The van der Waals surface area contributed by atoms with Crippen molar-refractivity contribution in [2.24, 2.45) is 0 Å². The van der Waals surface area contributed by atoms with Crippen molar-refractivity contribution >= 4 is 39.7 Å². The summed E-state index contributed by atoms with van der Waals surface area (Å²) < 4.78 is 42.0. The van der Waals surface area contributed by atoms with Gasteiger partial charge < -0.3 is 0 Å². The first-order valence-corrected chi connectivity index (χ1v) is 15.7. The lowest BCUT2D eigenvalue weighted by atomic mass is 10.0. The number of halogens is 4. The molecule has 48 heavy (non-hydrogen) atoms. The number of aryl methyl sites for hydroxylation is 2. The Bertz CT molecular complexity index is 2250. The van der Waals surface area contributed by atoms with Gasteiger partial charge in [-0.15, -0.1) is 10.2 Å². The molecule has 0 N–H and O–H groups in total. The van der Waals surface area contributed by atoms with Crippen molar-refractivity contribution in [3.8, 4) is 34.0 Å². The Hall–Kier alpha value is -5.19. The van der Waals surface area contributed by atoms with Crippen LogP contribution in [-0.2, 0) is 11.2 Å². The van der Waals surface area contributed by atoms with Gasteiger partial charge in [0.15, 0.2) is 11.6 Å². The number of hydrogen-bond donors (Lipinski definition) is 0. The molecule has 1 aromatic carbocycles. The third kappa shape index (κ3) is 7.84. The van der Waals surface area contributed by atoms with Crippen LogP contribution in [0.1, 0.15) is 29.8 Å². The standard InChI is InChI=1S/C22H18F3N5O.C11H8IN5/c1-14-12-27-29-21(28-14)17-6-8-30-19(13-26-20(30)11-17)16-4-2-3-15(9-16)10-18(31)5-7-22(23,24)25;1-7-5-14-16-11(15-7)8-2-3-17-9(12)6-13-10(17)4-8/h2-4,6,8-9,11-13H,5,7,10H2,1H3;2-6H,1H3. The molecule has 6 aromatic heterocycles. The highest BCUT2D eigenvalue weighted by Crippen LogP contribution is 2.26. The van der Waals surface area contributed by atoms with Crippen molar-refractivity contribution in [2.75, 3.05) is 0 Å². The van der Waals surface area contributed by atoms with Crippen molar-refractivity contribution in [3.63, 3.8) is 0 Å². The number of Topliss-reactive ketones (excluding diaryl/α,β-unsaturated/α-hetero) is 1. The Kier molecular flexibility index (Phi) is 9.47. The fourth-order valence-electron chi connectivity index (χ4n) is 4.88. The average Bonchev–Trinajstić information content (AvgIpc) is 3.66. The Morgan fingerprint density at radius 3 is 2.00 bits per heavy atom. The zero-order chi connectivity index (χ0) is 33.8. The van der Waals surface area contributed by atoms with E-state index in [4.69, 9.17) is 0 Å². The number of aromatic nitrogens is 10. The van der Waals surface area contributed by atoms with Gasteiger partial charge in [0.25, 0.3) is 0 Å². The first-order valence-electron chi connectivity index (χ1n) is 14.6. The maximum absolute atomic E-state index is 12.3. The molecule has 0 saturated carbocycles. The van der Waals surface area contributed by atoms with Gasteiger partial charge in [0.05, 0.1) is 48.3 Å². The predicted octanol–water partition coefficient (Wildman–Crippen LogP) is 6.72.